The number of rotatable bonds is 6. The van der Waals surface area contributed by atoms with Crippen LogP contribution in [-0.4, -0.2) is 21.5 Å². The summed E-state index contributed by atoms with van der Waals surface area (Å²) < 4.78 is 0.994. The fourth-order valence-corrected chi connectivity index (χ4v) is 2.28. The van der Waals surface area contributed by atoms with E-state index in [1.807, 2.05) is 12.3 Å². The van der Waals surface area contributed by atoms with E-state index in [0.29, 0.717) is 0 Å². The van der Waals surface area contributed by atoms with Gasteiger partial charge in [-0.1, -0.05) is 6.92 Å². The molecule has 19 heavy (non-hydrogen) atoms. The Bertz CT molecular complexity index is 504. The van der Waals surface area contributed by atoms with Gasteiger partial charge in [0.25, 0.3) is 0 Å². The van der Waals surface area contributed by atoms with Crippen molar-refractivity contribution in [2.45, 2.75) is 25.8 Å². The van der Waals surface area contributed by atoms with Crippen molar-refractivity contribution in [2.24, 2.45) is 0 Å². The number of nitrogens with one attached hydrogen (secondary N) is 1. The Kier molecular flexibility index (Phi) is 5.42. The molecular weight excluding hydrogens is 304 g/mol. The highest BCUT2D eigenvalue weighted by molar-refractivity contribution is 9.10. The molecule has 0 saturated heterocycles. The van der Waals surface area contributed by atoms with E-state index in [4.69, 9.17) is 0 Å². The molecule has 5 heteroatoms. The van der Waals surface area contributed by atoms with Crippen LogP contribution in [0.3, 0.4) is 0 Å². The van der Waals surface area contributed by atoms with Gasteiger partial charge in [0.1, 0.15) is 5.82 Å². The normalized spacial score (nSPS) is 12.3. The first-order valence-electron chi connectivity index (χ1n) is 6.39. The second-order valence-electron chi connectivity index (χ2n) is 4.33. The maximum Gasteiger partial charge on any atom is 0.145 e. The van der Waals surface area contributed by atoms with Gasteiger partial charge in [-0.2, -0.15) is 0 Å². The Morgan fingerprint density at radius 3 is 2.74 bits per heavy atom. The van der Waals surface area contributed by atoms with Gasteiger partial charge in [-0.3, -0.25) is 4.98 Å². The van der Waals surface area contributed by atoms with Crippen LogP contribution in [0.5, 0.6) is 0 Å². The highest BCUT2D eigenvalue weighted by atomic mass is 79.9. The van der Waals surface area contributed by atoms with Gasteiger partial charge in [0.15, 0.2) is 0 Å². The van der Waals surface area contributed by atoms with Gasteiger partial charge in [-0.25, -0.2) is 9.97 Å². The minimum absolute atomic E-state index is 0.122. The van der Waals surface area contributed by atoms with Crippen molar-refractivity contribution in [2.75, 3.05) is 6.54 Å². The van der Waals surface area contributed by atoms with Gasteiger partial charge in [-0.05, 0) is 53.0 Å². The Morgan fingerprint density at radius 1 is 1.26 bits per heavy atom. The van der Waals surface area contributed by atoms with E-state index in [2.05, 4.69) is 49.2 Å². The summed E-state index contributed by atoms with van der Waals surface area (Å²) in [5.41, 5.74) is 1.16. The number of aromatic nitrogens is 3. The topological polar surface area (TPSA) is 50.7 Å². The summed E-state index contributed by atoms with van der Waals surface area (Å²) in [5, 5.41) is 3.49. The van der Waals surface area contributed by atoms with Crippen molar-refractivity contribution in [3.8, 4) is 0 Å². The molecule has 0 saturated carbocycles. The Labute approximate surface area is 121 Å². The third-order valence-corrected chi connectivity index (χ3v) is 3.17. The van der Waals surface area contributed by atoms with E-state index in [0.717, 1.165) is 35.2 Å². The van der Waals surface area contributed by atoms with Gasteiger partial charge in [-0.15, -0.1) is 0 Å². The Hall–Kier alpha value is -1.33. The smallest absolute Gasteiger partial charge is 0.145 e. The van der Waals surface area contributed by atoms with Crippen molar-refractivity contribution in [1.82, 2.24) is 20.3 Å². The summed E-state index contributed by atoms with van der Waals surface area (Å²) in [5.74, 6) is 0.830. The first-order valence-corrected chi connectivity index (χ1v) is 7.18. The zero-order valence-electron chi connectivity index (χ0n) is 10.9. The molecule has 4 nitrogen and oxygen atoms in total. The predicted octanol–water partition coefficient (Wildman–Crippen LogP) is 2.92. The van der Waals surface area contributed by atoms with Crippen LogP contribution >= 0.6 is 15.9 Å². The lowest BCUT2D eigenvalue weighted by Gasteiger charge is -2.17. The number of hydrogen-bond donors (Lipinski definition) is 1. The number of hydrogen-bond acceptors (Lipinski definition) is 4. The van der Waals surface area contributed by atoms with E-state index in [9.17, 15) is 0 Å². The first kappa shape index (κ1) is 14.1. The molecule has 1 atom stereocenters. The molecule has 0 fully saturated rings. The van der Waals surface area contributed by atoms with E-state index < -0.39 is 0 Å². The van der Waals surface area contributed by atoms with Crippen LogP contribution < -0.4 is 5.32 Å². The van der Waals surface area contributed by atoms with Crippen molar-refractivity contribution in [3.63, 3.8) is 0 Å². The average Bonchev–Trinajstić information content (AvgIpc) is 2.44. The van der Waals surface area contributed by atoms with Gasteiger partial charge in [0.05, 0.1) is 6.04 Å². The lowest BCUT2D eigenvalue weighted by Crippen LogP contribution is -2.25. The summed E-state index contributed by atoms with van der Waals surface area (Å²) in [6, 6.07) is 4.04. The lowest BCUT2D eigenvalue weighted by molar-refractivity contribution is 0.504. The third-order valence-electron chi connectivity index (χ3n) is 2.74. The molecule has 0 aliphatic heterocycles. The molecule has 2 rings (SSSR count). The second-order valence-corrected chi connectivity index (χ2v) is 5.24. The van der Waals surface area contributed by atoms with Crippen LogP contribution in [-0.2, 0) is 6.42 Å². The lowest BCUT2D eigenvalue weighted by atomic mass is 10.1. The van der Waals surface area contributed by atoms with E-state index in [-0.39, 0.29) is 6.04 Å². The van der Waals surface area contributed by atoms with Gasteiger partial charge in [0, 0.05) is 29.3 Å². The van der Waals surface area contributed by atoms with Crippen LogP contribution in [0.1, 0.15) is 30.8 Å². The zero-order chi connectivity index (χ0) is 13.5. The Balaban J connectivity index is 2.14. The molecule has 2 aromatic heterocycles. The molecule has 0 bridgehead atoms. The molecule has 0 aromatic carbocycles. The predicted molar refractivity (Wildman–Crippen MR) is 78.7 cm³/mol. The molecule has 100 valence electrons. The summed E-state index contributed by atoms with van der Waals surface area (Å²) in [6.45, 7) is 3.10. The van der Waals surface area contributed by atoms with Crippen LogP contribution in [0.15, 0.2) is 41.4 Å². The molecule has 1 N–H and O–H groups in total. The Morgan fingerprint density at radius 2 is 2.05 bits per heavy atom. The molecule has 0 aliphatic carbocycles. The van der Waals surface area contributed by atoms with E-state index in [1.54, 1.807) is 18.6 Å². The third kappa shape index (κ3) is 4.36. The molecule has 2 aromatic rings. The minimum Gasteiger partial charge on any atom is -0.307 e. The molecule has 0 amide bonds. The van der Waals surface area contributed by atoms with E-state index in [1.165, 1.54) is 0 Å². The number of pyridine rings is 1. The maximum absolute atomic E-state index is 4.34. The molecule has 2 heterocycles. The van der Waals surface area contributed by atoms with Gasteiger partial charge < -0.3 is 5.32 Å². The highest BCUT2D eigenvalue weighted by Gasteiger charge is 2.14. The second kappa shape index (κ2) is 7.31. The summed E-state index contributed by atoms with van der Waals surface area (Å²) in [6.07, 6.45) is 9.14. The average molecular weight is 321 g/mol. The quantitative estimate of drug-likeness (QED) is 0.889. The van der Waals surface area contributed by atoms with Crippen molar-refractivity contribution >= 4 is 15.9 Å². The van der Waals surface area contributed by atoms with Gasteiger partial charge in [0.2, 0.25) is 0 Å². The van der Waals surface area contributed by atoms with Crippen LogP contribution in [0.2, 0.25) is 0 Å². The van der Waals surface area contributed by atoms with Crippen molar-refractivity contribution in [3.05, 3.63) is 52.8 Å². The molecular formula is C14H17BrN4. The fourth-order valence-electron chi connectivity index (χ4n) is 1.87. The fraction of sp³-hybridized carbons (Fsp3) is 0.357. The highest BCUT2D eigenvalue weighted by Crippen LogP contribution is 2.17. The standard InChI is InChI=1S/C14H17BrN4/c1-2-4-17-13(14-18-5-3-6-19-14)8-11-7-12(15)10-16-9-11/h3,5-7,9-10,13,17H,2,4,8H2,1H3. The molecule has 0 aliphatic rings. The molecule has 1 unspecified atom stereocenters. The van der Waals surface area contributed by atoms with Gasteiger partial charge >= 0.3 is 0 Å². The maximum atomic E-state index is 4.34. The largest absolute Gasteiger partial charge is 0.307 e. The van der Waals surface area contributed by atoms with Crippen LogP contribution in [0.4, 0.5) is 0 Å². The van der Waals surface area contributed by atoms with Crippen molar-refractivity contribution < 1.29 is 0 Å². The molecule has 0 radical (unpaired) electrons. The molecule has 0 spiro atoms. The number of halogens is 1. The SMILES string of the molecule is CCCNC(Cc1cncc(Br)c1)c1ncccn1. The minimum atomic E-state index is 0.122. The monoisotopic (exact) mass is 320 g/mol. The summed E-state index contributed by atoms with van der Waals surface area (Å²) >= 11 is 3.45. The van der Waals surface area contributed by atoms with Crippen LogP contribution in [0.25, 0.3) is 0 Å². The van der Waals surface area contributed by atoms with Crippen molar-refractivity contribution in [1.29, 1.82) is 0 Å². The summed E-state index contributed by atoms with van der Waals surface area (Å²) in [4.78, 5) is 12.9. The first-order chi connectivity index (χ1) is 9.29. The number of nitrogens with zero attached hydrogens (tertiary/aromatic N) is 3. The summed E-state index contributed by atoms with van der Waals surface area (Å²) in [7, 11) is 0. The zero-order valence-corrected chi connectivity index (χ0v) is 12.5. The van der Waals surface area contributed by atoms with Crippen LogP contribution in [0, 0.1) is 0 Å². The van der Waals surface area contributed by atoms with E-state index >= 15 is 0 Å².